The van der Waals surface area contributed by atoms with E-state index in [0.29, 0.717) is 9.92 Å². The lowest BCUT2D eigenvalue weighted by Gasteiger charge is -2.08. The van der Waals surface area contributed by atoms with Crippen LogP contribution < -0.4 is 0 Å². The summed E-state index contributed by atoms with van der Waals surface area (Å²) >= 11 is 5.78. The molecule has 0 spiro atoms. The number of hydrogen-bond acceptors (Lipinski definition) is 2. The van der Waals surface area contributed by atoms with Gasteiger partial charge in [-0.1, -0.05) is 24.6 Å². The minimum atomic E-state index is -3.46. The minimum absolute atomic E-state index is 0.264. The van der Waals surface area contributed by atoms with Crippen LogP contribution in [0, 0.1) is 6.92 Å². The molecule has 0 saturated heterocycles. The van der Waals surface area contributed by atoms with Gasteiger partial charge in [0.1, 0.15) is 0 Å². The molecule has 0 atom stereocenters. The fraction of sp³-hybridized carbons (Fsp3) is 0.200. The predicted molar refractivity (Wildman–Crippen MR) is 77.5 cm³/mol. The third kappa shape index (κ3) is 2.82. The highest BCUT2D eigenvalue weighted by Gasteiger charge is 2.18. The molecule has 0 unspecified atom stereocenters. The van der Waals surface area contributed by atoms with Gasteiger partial charge in [-0.15, -0.1) is 0 Å². The Morgan fingerprint density at radius 2 is 1.58 bits per heavy atom. The molecule has 19 heavy (non-hydrogen) atoms. The molecule has 2 rings (SSSR count). The minimum Gasteiger partial charge on any atom is -0.219 e. The van der Waals surface area contributed by atoms with Crippen molar-refractivity contribution in [2.75, 3.05) is 0 Å². The Morgan fingerprint density at radius 3 is 2.11 bits per heavy atom. The first-order valence-electron chi connectivity index (χ1n) is 6.05. The molecule has 0 aliphatic carbocycles. The summed E-state index contributed by atoms with van der Waals surface area (Å²) in [5.41, 5.74) is 2.16. The van der Waals surface area contributed by atoms with E-state index in [1.165, 1.54) is 12.1 Å². The molecule has 0 N–H and O–H groups in total. The van der Waals surface area contributed by atoms with E-state index in [0.717, 1.165) is 17.5 Å². The second-order valence-corrected chi connectivity index (χ2v) is 6.79. The highest BCUT2D eigenvalue weighted by atomic mass is 35.5. The number of benzene rings is 2. The van der Waals surface area contributed by atoms with Gasteiger partial charge >= 0.3 is 0 Å². The SMILES string of the molecule is CCc1ccc(S(=O)(=O)c2ccc(Cl)cc2)cc1C. The Balaban J connectivity index is 2.50. The van der Waals surface area contributed by atoms with E-state index in [1.54, 1.807) is 24.3 Å². The molecule has 0 fully saturated rings. The van der Waals surface area contributed by atoms with Crippen LogP contribution in [0.4, 0.5) is 0 Å². The standard InChI is InChI=1S/C15H15ClO2S/c1-3-12-4-7-15(10-11(12)2)19(17,18)14-8-5-13(16)6-9-14/h4-10H,3H2,1-2H3. The molecule has 2 nitrogen and oxygen atoms in total. The Bertz CT molecular complexity index is 689. The zero-order valence-electron chi connectivity index (χ0n) is 10.9. The number of sulfone groups is 1. The van der Waals surface area contributed by atoms with E-state index in [-0.39, 0.29) is 4.90 Å². The third-order valence-electron chi connectivity index (χ3n) is 3.13. The summed E-state index contributed by atoms with van der Waals surface area (Å²) in [6.07, 6.45) is 0.896. The van der Waals surface area contributed by atoms with Gasteiger partial charge < -0.3 is 0 Å². The summed E-state index contributed by atoms with van der Waals surface area (Å²) in [5, 5.41) is 0.525. The van der Waals surface area contributed by atoms with Crippen LogP contribution in [0.25, 0.3) is 0 Å². The molecule has 0 saturated carbocycles. The van der Waals surface area contributed by atoms with Crippen LogP contribution in [0.5, 0.6) is 0 Å². The monoisotopic (exact) mass is 294 g/mol. The average Bonchev–Trinajstić information content (AvgIpc) is 2.39. The smallest absolute Gasteiger partial charge is 0.206 e. The first-order chi connectivity index (χ1) is 8.95. The first-order valence-corrected chi connectivity index (χ1v) is 7.91. The summed E-state index contributed by atoms with van der Waals surface area (Å²) in [7, 11) is -3.46. The molecular formula is C15H15ClO2S. The van der Waals surface area contributed by atoms with Gasteiger partial charge in [0.15, 0.2) is 0 Å². The molecule has 2 aromatic rings. The molecule has 0 aromatic heterocycles. The molecule has 0 amide bonds. The molecule has 0 aliphatic rings. The molecule has 4 heteroatoms. The summed E-state index contributed by atoms with van der Waals surface area (Å²) in [5.74, 6) is 0. The van der Waals surface area contributed by atoms with E-state index in [1.807, 2.05) is 13.0 Å². The highest BCUT2D eigenvalue weighted by Crippen LogP contribution is 2.24. The van der Waals surface area contributed by atoms with Crippen LogP contribution in [-0.2, 0) is 16.3 Å². The Morgan fingerprint density at radius 1 is 1.00 bits per heavy atom. The summed E-state index contributed by atoms with van der Waals surface area (Å²) in [6.45, 7) is 3.98. The molecule has 0 heterocycles. The highest BCUT2D eigenvalue weighted by molar-refractivity contribution is 7.91. The van der Waals surface area contributed by atoms with Gasteiger partial charge in [-0.2, -0.15) is 0 Å². The van der Waals surface area contributed by atoms with Crippen molar-refractivity contribution in [2.24, 2.45) is 0 Å². The van der Waals surface area contributed by atoms with E-state index in [4.69, 9.17) is 11.6 Å². The van der Waals surface area contributed by atoms with Crippen LogP contribution in [0.3, 0.4) is 0 Å². The maximum atomic E-state index is 12.5. The second-order valence-electron chi connectivity index (χ2n) is 4.40. The summed E-state index contributed by atoms with van der Waals surface area (Å²) < 4.78 is 24.9. The van der Waals surface area contributed by atoms with Gasteiger partial charge in [0.25, 0.3) is 0 Å². The van der Waals surface area contributed by atoms with E-state index in [9.17, 15) is 8.42 Å². The van der Waals surface area contributed by atoms with Crippen LogP contribution >= 0.6 is 11.6 Å². The van der Waals surface area contributed by atoms with Crippen molar-refractivity contribution in [3.63, 3.8) is 0 Å². The Hall–Kier alpha value is -1.32. The summed E-state index contributed by atoms with van der Waals surface area (Å²) in [6, 6.07) is 11.5. The molecular weight excluding hydrogens is 280 g/mol. The van der Waals surface area contributed by atoms with Crippen LogP contribution in [-0.4, -0.2) is 8.42 Å². The van der Waals surface area contributed by atoms with Crippen molar-refractivity contribution < 1.29 is 8.42 Å². The van der Waals surface area contributed by atoms with Crippen molar-refractivity contribution in [3.05, 3.63) is 58.6 Å². The summed E-state index contributed by atoms with van der Waals surface area (Å²) in [4.78, 5) is 0.588. The molecule has 0 bridgehead atoms. The zero-order chi connectivity index (χ0) is 14.0. The number of hydrogen-bond donors (Lipinski definition) is 0. The van der Waals surface area contributed by atoms with E-state index >= 15 is 0 Å². The van der Waals surface area contributed by atoms with Crippen molar-refractivity contribution >= 4 is 21.4 Å². The van der Waals surface area contributed by atoms with E-state index in [2.05, 4.69) is 6.92 Å². The van der Waals surface area contributed by atoms with Crippen molar-refractivity contribution in [2.45, 2.75) is 30.1 Å². The maximum Gasteiger partial charge on any atom is 0.206 e. The number of aryl methyl sites for hydroxylation is 2. The second kappa shape index (κ2) is 5.35. The van der Waals surface area contributed by atoms with Gasteiger partial charge in [-0.25, -0.2) is 8.42 Å². The lowest BCUT2D eigenvalue weighted by atomic mass is 10.1. The van der Waals surface area contributed by atoms with Gasteiger partial charge in [0.05, 0.1) is 9.79 Å². The molecule has 0 radical (unpaired) electrons. The van der Waals surface area contributed by atoms with Gasteiger partial charge in [0.2, 0.25) is 9.84 Å². The molecule has 0 aliphatic heterocycles. The fourth-order valence-corrected chi connectivity index (χ4v) is 3.45. The maximum absolute atomic E-state index is 12.5. The largest absolute Gasteiger partial charge is 0.219 e. The Kier molecular flexibility index (Phi) is 3.97. The zero-order valence-corrected chi connectivity index (χ0v) is 12.4. The topological polar surface area (TPSA) is 34.1 Å². The quantitative estimate of drug-likeness (QED) is 0.856. The lowest BCUT2D eigenvalue weighted by Crippen LogP contribution is -2.03. The van der Waals surface area contributed by atoms with E-state index < -0.39 is 9.84 Å². The third-order valence-corrected chi connectivity index (χ3v) is 5.15. The van der Waals surface area contributed by atoms with Gasteiger partial charge in [-0.05, 0) is 60.9 Å². The van der Waals surface area contributed by atoms with Crippen molar-refractivity contribution in [3.8, 4) is 0 Å². The predicted octanol–water partition coefficient (Wildman–Crippen LogP) is 4.04. The van der Waals surface area contributed by atoms with Crippen LogP contribution in [0.15, 0.2) is 52.3 Å². The van der Waals surface area contributed by atoms with Gasteiger partial charge in [-0.3, -0.25) is 0 Å². The van der Waals surface area contributed by atoms with Crippen molar-refractivity contribution in [1.82, 2.24) is 0 Å². The normalized spacial score (nSPS) is 11.5. The van der Waals surface area contributed by atoms with Crippen molar-refractivity contribution in [1.29, 1.82) is 0 Å². The van der Waals surface area contributed by atoms with Crippen LogP contribution in [0.2, 0.25) is 5.02 Å². The lowest BCUT2D eigenvalue weighted by molar-refractivity contribution is 0.596. The van der Waals surface area contributed by atoms with Gasteiger partial charge in [0, 0.05) is 5.02 Å². The number of halogens is 1. The number of rotatable bonds is 3. The molecule has 2 aromatic carbocycles. The molecule has 100 valence electrons. The Labute approximate surface area is 119 Å². The average molecular weight is 295 g/mol. The van der Waals surface area contributed by atoms with Crippen LogP contribution in [0.1, 0.15) is 18.1 Å². The first kappa shape index (κ1) is 14.1. The fourth-order valence-electron chi connectivity index (χ4n) is 1.98.